The molecule has 2 heterocycles. The third-order valence-corrected chi connectivity index (χ3v) is 7.25. The monoisotopic (exact) mass is 428 g/mol. The number of thioether (sulfide) groups is 1. The maximum absolute atomic E-state index is 12.7. The van der Waals surface area contributed by atoms with Crippen molar-refractivity contribution in [2.75, 3.05) is 5.75 Å². The summed E-state index contributed by atoms with van der Waals surface area (Å²) in [4.78, 5) is 14.0. The maximum Gasteiger partial charge on any atom is 0.251 e. The van der Waals surface area contributed by atoms with Gasteiger partial charge in [0.05, 0.1) is 23.7 Å². The van der Waals surface area contributed by atoms with Crippen LogP contribution in [0.1, 0.15) is 34.1 Å². The Bertz CT molecular complexity index is 1090. The Labute approximate surface area is 173 Å². The Morgan fingerprint density at radius 3 is 2.62 bits per heavy atom. The molecule has 4 rings (SSSR count). The predicted octanol–water partition coefficient (Wildman–Crippen LogP) is 3.73. The van der Waals surface area contributed by atoms with E-state index in [9.17, 15) is 13.2 Å². The third kappa shape index (κ3) is 4.55. The number of rotatable bonds is 6. The van der Waals surface area contributed by atoms with Gasteiger partial charge in [0.1, 0.15) is 5.76 Å². The maximum atomic E-state index is 12.7. The Morgan fingerprint density at radius 1 is 1.07 bits per heavy atom. The fourth-order valence-electron chi connectivity index (χ4n) is 3.18. The number of carbonyl (C=O) groups is 1. The number of benzene rings is 2. The highest BCUT2D eigenvalue weighted by Crippen LogP contribution is 2.35. The van der Waals surface area contributed by atoms with E-state index >= 15 is 0 Å². The third-order valence-electron chi connectivity index (χ3n) is 4.71. The predicted molar refractivity (Wildman–Crippen MR) is 111 cm³/mol. The second-order valence-corrected chi connectivity index (χ2v) is 9.53. The van der Waals surface area contributed by atoms with Crippen molar-refractivity contribution in [3.63, 3.8) is 0 Å². The Kier molecular flexibility index (Phi) is 5.75. The number of hydrogen-bond acceptors (Lipinski definition) is 5. The van der Waals surface area contributed by atoms with E-state index < -0.39 is 10.0 Å². The van der Waals surface area contributed by atoms with Crippen molar-refractivity contribution in [1.29, 1.82) is 0 Å². The first-order chi connectivity index (χ1) is 14.0. The summed E-state index contributed by atoms with van der Waals surface area (Å²) in [6.07, 6.45) is 2.34. The quantitative estimate of drug-likeness (QED) is 0.625. The summed E-state index contributed by atoms with van der Waals surface area (Å²) in [5.41, 5.74) is 1.55. The lowest BCUT2D eigenvalue weighted by Crippen LogP contribution is -2.30. The molecule has 0 radical (unpaired) electrons. The smallest absolute Gasteiger partial charge is 0.251 e. The molecule has 8 heteroatoms. The molecule has 0 saturated heterocycles. The minimum atomic E-state index is -3.69. The van der Waals surface area contributed by atoms with Crippen LogP contribution in [0.15, 0.2) is 81.1 Å². The molecular weight excluding hydrogens is 408 g/mol. The summed E-state index contributed by atoms with van der Waals surface area (Å²) in [5, 5.41) is 3.06. The molecule has 150 valence electrons. The second-order valence-electron chi connectivity index (χ2n) is 6.63. The highest BCUT2D eigenvalue weighted by atomic mass is 32.2. The van der Waals surface area contributed by atoms with Crippen LogP contribution in [0.4, 0.5) is 0 Å². The van der Waals surface area contributed by atoms with Gasteiger partial charge in [-0.2, -0.15) is 0 Å². The highest BCUT2D eigenvalue weighted by Gasteiger charge is 2.23. The molecule has 6 nitrogen and oxygen atoms in total. The number of sulfonamides is 1. The largest absolute Gasteiger partial charge is 0.468 e. The van der Waals surface area contributed by atoms with E-state index in [-0.39, 0.29) is 23.4 Å². The van der Waals surface area contributed by atoms with Gasteiger partial charge in [0.25, 0.3) is 5.91 Å². The van der Waals surface area contributed by atoms with Gasteiger partial charge >= 0.3 is 0 Å². The Balaban J connectivity index is 1.43. The van der Waals surface area contributed by atoms with Gasteiger partial charge in [-0.05, 0) is 54.4 Å². The van der Waals surface area contributed by atoms with Crippen LogP contribution < -0.4 is 10.0 Å². The molecule has 0 fully saturated rings. The van der Waals surface area contributed by atoms with Crippen LogP contribution in [0.5, 0.6) is 0 Å². The summed E-state index contributed by atoms with van der Waals surface area (Å²) in [6, 6.07) is 17.3. The van der Waals surface area contributed by atoms with E-state index in [0.29, 0.717) is 11.3 Å². The number of amides is 1. The average Bonchev–Trinajstić information content (AvgIpc) is 3.26. The van der Waals surface area contributed by atoms with Gasteiger partial charge in [-0.15, -0.1) is 11.8 Å². The van der Waals surface area contributed by atoms with Gasteiger partial charge in [-0.3, -0.25) is 4.79 Å². The molecule has 1 amide bonds. The van der Waals surface area contributed by atoms with Crippen LogP contribution in [0.3, 0.4) is 0 Å². The SMILES string of the molecule is O=C(NC1CCSc2ccccc21)c1ccc(S(=O)(=O)NCc2ccco2)cc1. The lowest BCUT2D eigenvalue weighted by molar-refractivity contribution is 0.0935. The van der Waals surface area contributed by atoms with E-state index in [1.807, 2.05) is 18.2 Å². The van der Waals surface area contributed by atoms with Crippen molar-refractivity contribution in [2.24, 2.45) is 0 Å². The molecule has 2 aromatic carbocycles. The van der Waals surface area contributed by atoms with E-state index in [4.69, 9.17) is 4.42 Å². The Hall–Kier alpha value is -2.55. The molecule has 3 aromatic rings. The number of fused-ring (bicyclic) bond motifs is 1. The molecule has 2 N–H and O–H groups in total. The van der Waals surface area contributed by atoms with Crippen LogP contribution in [0, 0.1) is 0 Å². The fourth-order valence-corrected chi connectivity index (χ4v) is 5.30. The normalized spacial score (nSPS) is 16.2. The lowest BCUT2D eigenvalue weighted by Gasteiger charge is -2.25. The van der Waals surface area contributed by atoms with Gasteiger partial charge in [0.2, 0.25) is 10.0 Å². The summed E-state index contributed by atoms with van der Waals surface area (Å²) in [7, 11) is -3.69. The fraction of sp³-hybridized carbons (Fsp3) is 0.190. The Morgan fingerprint density at radius 2 is 1.86 bits per heavy atom. The lowest BCUT2D eigenvalue weighted by atomic mass is 10.0. The molecule has 0 aliphatic carbocycles. The van der Waals surface area contributed by atoms with Gasteiger partial charge in [0, 0.05) is 16.2 Å². The van der Waals surface area contributed by atoms with Crippen molar-refractivity contribution >= 4 is 27.7 Å². The average molecular weight is 429 g/mol. The summed E-state index contributed by atoms with van der Waals surface area (Å²) < 4.78 is 32.4. The zero-order valence-corrected chi connectivity index (χ0v) is 17.1. The molecule has 0 bridgehead atoms. The minimum Gasteiger partial charge on any atom is -0.468 e. The van der Waals surface area contributed by atoms with Gasteiger partial charge in [-0.1, -0.05) is 18.2 Å². The van der Waals surface area contributed by atoms with Crippen molar-refractivity contribution < 1.29 is 17.6 Å². The van der Waals surface area contributed by atoms with Gasteiger partial charge in [0.15, 0.2) is 0 Å². The van der Waals surface area contributed by atoms with Crippen LogP contribution >= 0.6 is 11.8 Å². The molecule has 1 aliphatic rings. The van der Waals surface area contributed by atoms with E-state index in [2.05, 4.69) is 16.1 Å². The summed E-state index contributed by atoms with van der Waals surface area (Å²) >= 11 is 1.79. The van der Waals surface area contributed by atoms with Crippen molar-refractivity contribution in [1.82, 2.24) is 10.0 Å². The van der Waals surface area contributed by atoms with E-state index in [1.54, 1.807) is 23.9 Å². The second kappa shape index (κ2) is 8.44. The standard InChI is InChI=1S/C21H20N2O4S2/c24-21(23-19-11-13-28-20-6-2-1-5-18(19)20)15-7-9-17(10-8-15)29(25,26)22-14-16-4-3-12-27-16/h1-10,12,19,22H,11,13-14H2,(H,23,24). The molecule has 1 unspecified atom stereocenters. The molecule has 1 aliphatic heterocycles. The van der Waals surface area contributed by atoms with Gasteiger partial charge < -0.3 is 9.73 Å². The first-order valence-electron chi connectivity index (χ1n) is 9.18. The van der Waals surface area contributed by atoms with Crippen LogP contribution in [-0.4, -0.2) is 20.1 Å². The van der Waals surface area contributed by atoms with Crippen LogP contribution in [0.2, 0.25) is 0 Å². The number of hydrogen-bond donors (Lipinski definition) is 2. The molecule has 1 atom stereocenters. The number of furan rings is 1. The zero-order chi connectivity index (χ0) is 20.3. The van der Waals surface area contributed by atoms with Crippen molar-refractivity contribution in [2.45, 2.75) is 28.8 Å². The zero-order valence-electron chi connectivity index (χ0n) is 15.5. The molecule has 0 saturated carbocycles. The summed E-state index contributed by atoms with van der Waals surface area (Å²) in [6.45, 7) is 0.0661. The minimum absolute atomic E-state index is 0.0432. The van der Waals surface area contributed by atoms with Gasteiger partial charge in [-0.25, -0.2) is 13.1 Å². The highest BCUT2D eigenvalue weighted by molar-refractivity contribution is 7.99. The first-order valence-corrected chi connectivity index (χ1v) is 11.6. The number of nitrogens with one attached hydrogen (secondary N) is 2. The van der Waals surface area contributed by atoms with Crippen LogP contribution in [0.25, 0.3) is 0 Å². The van der Waals surface area contributed by atoms with Crippen LogP contribution in [-0.2, 0) is 16.6 Å². The number of carbonyl (C=O) groups excluding carboxylic acids is 1. The molecular formula is C21H20N2O4S2. The topological polar surface area (TPSA) is 88.4 Å². The molecule has 0 spiro atoms. The molecule has 1 aromatic heterocycles. The van der Waals surface area contributed by atoms with E-state index in [1.165, 1.54) is 35.4 Å². The van der Waals surface area contributed by atoms with E-state index in [0.717, 1.165) is 17.7 Å². The van der Waals surface area contributed by atoms with Crippen molar-refractivity contribution in [3.8, 4) is 0 Å². The van der Waals surface area contributed by atoms with Crippen molar-refractivity contribution in [3.05, 3.63) is 83.8 Å². The first kappa shape index (κ1) is 19.8. The molecule has 29 heavy (non-hydrogen) atoms. The summed E-state index contributed by atoms with van der Waals surface area (Å²) in [5.74, 6) is 1.25.